The molecule has 1 aromatic heterocycles. The minimum absolute atomic E-state index is 0.0637. The van der Waals surface area contributed by atoms with E-state index in [1.807, 2.05) is 46.7 Å². The Morgan fingerprint density at radius 3 is 1.92 bits per heavy atom. The Morgan fingerprint density at radius 1 is 0.923 bits per heavy atom. The second kappa shape index (κ2) is 9.15. The van der Waals surface area contributed by atoms with Crippen LogP contribution in [-0.2, 0) is 24.2 Å². The van der Waals surface area contributed by atoms with E-state index in [0.717, 1.165) is 12.8 Å². The predicted octanol–water partition coefficient (Wildman–Crippen LogP) is 3.34. The number of hydrogen-bond donors (Lipinski definition) is 1. The third-order valence-electron chi connectivity index (χ3n) is 4.37. The molecule has 0 fully saturated rings. The van der Waals surface area contributed by atoms with Crippen LogP contribution in [-0.4, -0.2) is 28.5 Å². The van der Waals surface area contributed by atoms with Crippen molar-refractivity contribution in [2.75, 3.05) is 13.1 Å². The van der Waals surface area contributed by atoms with E-state index >= 15 is 0 Å². The molecular weight excluding hydrogens is 342 g/mol. The summed E-state index contributed by atoms with van der Waals surface area (Å²) in [7, 11) is 0. The van der Waals surface area contributed by atoms with Gasteiger partial charge in [-0.15, -0.1) is 11.3 Å². The lowest BCUT2D eigenvalue weighted by Gasteiger charge is -2.23. The van der Waals surface area contributed by atoms with Gasteiger partial charge in [0.2, 0.25) is 5.91 Å². The number of nitrogens with zero attached hydrogens (tertiary/aromatic N) is 2. The van der Waals surface area contributed by atoms with Crippen LogP contribution in [0.1, 0.15) is 11.1 Å². The fraction of sp³-hybridized carbons (Fsp3) is 0.238. The van der Waals surface area contributed by atoms with Gasteiger partial charge in [0, 0.05) is 24.7 Å². The van der Waals surface area contributed by atoms with Crippen LogP contribution in [0.2, 0.25) is 0 Å². The van der Waals surface area contributed by atoms with Gasteiger partial charge in [-0.05, 0) is 24.0 Å². The summed E-state index contributed by atoms with van der Waals surface area (Å²) in [6, 6.07) is 20.5. The normalized spacial score (nSPS) is 10.6. The summed E-state index contributed by atoms with van der Waals surface area (Å²) in [4.78, 5) is 15.2. The van der Waals surface area contributed by atoms with Gasteiger partial charge in [-0.2, -0.15) is 0 Å². The first kappa shape index (κ1) is 18.1. The lowest BCUT2D eigenvalue weighted by molar-refractivity contribution is -0.131. The highest BCUT2D eigenvalue weighted by molar-refractivity contribution is 7.06. The monoisotopic (exact) mass is 365 g/mol. The summed E-state index contributed by atoms with van der Waals surface area (Å²) < 4.78 is 1.70. The largest absolute Gasteiger partial charge is 0.340 e. The quantitative estimate of drug-likeness (QED) is 0.654. The molecule has 0 radical (unpaired) electrons. The maximum Gasteiger partial charge on any atom is 0.242 e. The molecule has 0 aliphatic heterocycles. The van der Waals surface area contributed by atoms with E-state index < -0.39 is 0 Å². The van der Waals surface area contributed by atoms with Crippen LogP contribution in [0.15, 0.2) is 72.2 Å². The molecule has 0 bridgehead atoms. The summed E-state index contributed by atoms with van der Waals surface area (Å²) in [6.45, 7) is 1.60. The second-order valence-electron chi connectivity index (χ2n) is 6.19. The van der Waals surface area contributed by atoms with Gasteiger partial charge in [-0.25, -0.2) is 0 Å². The Labute approximate surface area is 157 Å². The van der Waals surface area contributed by atoms with Crippen LogP contribution >= 0.6 is 11.3 Å². The summed E-state index contributed by atoms with van der Waals surface area (Å²) in [6.07, 6.45) is 3.48. The standard InChI is InChI=1S/C21H23N3OS/c22-21-24(15-16-26-21)17-20(25)23(13-11-18-7-3-1-4-8-18)14-12-19-9-5-2-6-10-19/h1-10,15-16,22H,11-14,17H2. The summed E-state index contributed by atoms with van der Waals surface area (Å²) in [5.41, 5.74) is 2.46. The number of amides is 1. The van der Waals surface area contributed by atoms with Crippen molar-refractivity contribution in [3.8, 4) is 0 Å². The molecule has 0 unspecified atom stereocenters. The molecule has 1 heterocycles. The van der Waals surface area contributed by atoms with Crippen molar-refractivity contribution in [2.24, 2.45) is 0 Å². The van der Waals surface area contributed by atoms with Gasteiger partial charge < -0.3 is 9.47 Å². The Hall–Kier alpha value is -2.66. The fourth-order valence-corrected chi connectivity index (χ4v) is 3.45. The zero-order chi connectivity index (χ0) is 18.2. The topological polar surface area (TPSA) is 49.1 Å². The van der Waals surface area contributed by atoms with Gasteiger partial charge in [0.05, 0.1) is 0 Å². The number of hydrogen-bond acceptors (Lipinski definition) is 3. The molecule has 0 saturated heterocycles. The average Bonchev–Trinajstić information content (AvgIpc) is 3.08. The third kappa shape index (κ3) is 5.17. The highest BCUT2D eigenvalue weighted by Crippen LogP contribution is 2.06. The van der Waals surface area contributed by atoms with E-state index in [9.17, 15) is 4.79 Å². The molecule has 0 aliphatic rings. The van der Waals surface area contributed by atoms with Crippen molar-refractivity contribution >= 4 is 17.2 Å². The number of benzene rings is 2. The number of carbonyl (C=O) groups is 1. The minimum Gasteiger partial charge on any atom is -0.340 e. The first-order chi connectivity index (χ1) is 12.7. The third-order valence-corrected chi connectivity index (χ3v) is 5.08. The van der Waals surface area contributed by atoms with Gasteiger partial charge in [-0.1, -0.05) is 60.7 Å². The molecule has 3 rings (SSSR count). The van der Waals surface area contributed by atoms with Crippen molar-refractivity contribution in [2.45, 2.75) is 19.4 Å². The maximum absolute atomic E-state index is 12.8. The first-order valence-corrected chi connectivity index (χ1v) is 9.64. The molecule has 1 amide bonds. The Balaban J connectivity index is 1.66. The summed E-state index contributed by atoms with van der Waals surface area (Å²) >= 11 is 1.34. The minimum atomic E-state index is 0.0637. The molecule has 0 spiro atoms. The Kier molecular flexibility index (Phi) is 6.39. The van der Waals surface area contributed by atoms with Crippen molar-refractivity contribution in [1.82, 2.24) is 9.47 Å². The smallest absolute Gasteiger partial charge is 0.242 e. The molecule has 3 aromatic rings. The lowest BCUT2D eigenvalue weighted by Crippen LogP contribution is -2.38. The number of carbonyl (C=O) groups excluding carboxylic acids is 1. The molecule has 2 aromatic carbocycles. The van der Waals surface area contributed by atoms with Gasteiger partial charge in [0.1, 0.15) is 6.54 Å². The molecular formula is C21H23N3OS. The van der Waals surface area contributed by atoms with E-state index in [1.165, 1.54) is 22.5 Å². The van der Waals surface area contributed by atoms with Crippen LogP contribution in [0.3, 0.4) is 0 Å². The van der Waals surface area contributed by atoms with Crippen LogP contribution < -0.4 is 4.80 Å². The van der Waals surface area contributed by atoms with Crippen molar-refractivity contribution in [1.29, 1.82) is 5.41 Å². The van der Waals surface area contributed by atoms with E-state index in [4.69, 9.17) is 5.41 Å². The zero-order valence-corrected chi connectivity index (χ0v) is 15.5. The number of aromatic nitrogens is 1. The molecule has 134 valence electrons. The molecule has 1 N–H and O–H groups in total. The van der Waals surface area contributed by atoms with E-state index in [-0.39, 0.29) is 12.5 Å². The summed E-state index contributed by atoms with van der Waals surface area (Å²) in [5.74, 6) is 0.0637. The second-order valence-corrected chi connectivity index (χ2v) is 7.08. The van der Waals surface area contributed by atoms with Gasteiger partial charge in [0.25, 0.3) is 0 Å². The van der Waals surface area contributed by atoms with Crippen molar-refractivity contribution in [3.05, 3.63) is 88.2 Å². The molecule has 26 heavy (non-hydrogen) atoms. The van der Waals surface area contributed by atoms with Crippen LogP contribution in [0.5, 0.6) is 0 Å². The molecule has 4 nitrogen and oxygen atoms in total. The first-order valence-electron chi connectivity index (χ1n) is 8.76. The highest BCUT2D eigenvalue weighted by Gasteiger charge is 2.14. The molecule has 5 heteroatoms. The van der Waals surface area contributed by atoms with Crippen LogP contribution in [0.25, 0.3) is 0 Å². The Bertz CT molecular complexity index is 827. The van der Waals surface area contributed by atoms with Gasteiger partial charge in [0.15, 0.2) is 4.80 Å². The fourth-order valence-electron chi connectivity index (χ4n) is 2.85. The van der Waals surface area contributed by atoms with Crippen molar-refractivity contribution in [3.63, 3.8) is 0 Å². The molecule has 0 saturated carbocycles. The van der Waals surface area contributed by atoms with Gasteiger partial charge in [-0.3, -0.25) is 10.2 Å². The lowest BCUT2D eigenvalue weighted by atomic mass is 10.1. The Morgan fingerprint density at radius 2 is 1.46 bits per heavy atom. The van der Waals surface area contributed by atoms with Gasteiger partial charge >= 0.3 is 0 Å². The van der Waals surface area contributed by atoms with E-state index in [0.29, 0.717) is 17.9 Å². The predicted molar refractivity (Wildman–Crippen MR) is 105 cm³/mol. The average molecular weight is 366 g/mol. The number of rotatable bonds is 8. The molecule has 0 atom stereocenters. The van der Waals surface area contributed by atoms with Crippen LogP contribution in [0, 0.1) is 5.41 Å². The zero-order valence-electron chi connectivity index (χ0n) is 14.7. The number of nitrogens with one attached hydrogen (secondary N) is 1. The van der Waals surface area contributed by atoms with E-state index in [1.54, 1.807) is 10.8 Å². The maximum atomic E-state index is 12.8. The van der Waals surface area contributed by atoms with Crippen LogP contribution in [0.4, 0.5) is 0 Å². The highest BCUT2D eigenvalue weighted by atomic mass is 32.1. The SMILES string of the molecule is N=c1sccn1CC(=O)N(CCc1ccccc1)CCc1ccccc1. The number of thiazole rings is 1. The van der Waals surface area contributed by atoms with E-state index in [2.05, 4.69) is 24.3 Å². The molecule has 0 aliphatic carbocycles. The van der Waals surface area contributed by atoms with Crippen molar-refractivity contribution < 1.29 is 4.79 Å². The summed E-state index contributed by atoms with van der Waals surface area (Å²) in [5, 5.41) is 9.71.